The molecule has 2 atom stereocenters. The first kappa shape index (κ1) is 17.3. The van der Waals surface area contributed by atoms with Crippen LogP contribution in [0.25, 0.3) is 0 Å². The fourth-order valence-corrected chi connectivity index (χ4v) is 3.06. The maximum absolute atomic E-state index is 11.7. The van der Waals surface area contributed by atoms with Gasteiger partial charge in [-0.15, -0.1) is 0 Å². The summed E-state index contributed by atoms with van der Waals surface area (Å²) in [5, 5.41) is 9.16. The minimum Gasteiger partial charge on any atom is -0.591 e. The van der Waals surface area contributed by atoms with Gasteiger partial charge in [-0.3, -0.25) is 0 Å². The number of hydrogen-bond acceptors (Lipinski definition) is 3. The molecule has 6 heteroatoms. The van der Waals surface area contributed by atoms with Crippen molar-refractivity contribution in [1.29, 1.82) is 0 Å². The summed E-state index contributed by atoms with van der Waals surface area (Å²) in [4.78, 5) is 12.7. The Bertz CT molecular complexity index is 377. The SMILES string of the molecule is CC1(C)C[C@H](CC/C=N\[S+]([O-])C(C)(C)C)CN1C(=O)O. The van der Waals surface area contributed by atoms with Crippen LogP contribution in [0.15, 0.2) is 4.40 Å². The standard InChI is InChI=1S/C14H26N2O3S/c1-13(2,3)20(19)15-8-6-7-11-9-14(4,5)16(10-11)12(17)18/h8,11H,6-7,9-10H2,1-5H3,(H,17,18)/b15-8-/t11-,20?/m0/s1. The number of nitrogens with zero attached hydrogens (tertiary/aromatic N) is 2. The second kappa shape index (κ2) is 6.35. The van der Waals surface area contributed by atoms with E-state index in [0.717, 1.165) is 19.3 Å². The zero-order valence-electron chi connectivity index (χ0n) is 13.0. The fraction of sp³-hybridized carbons (Fsp3) is 0.857. The van der Waals surface area contributed by atoms with Crippen LogP contribution >= 0.6 is 0 Å². The molecule has 1 aliphatic rings. The summed E-state index contributed by atoms with van der Waals surface area (Å²) in [6.45, 7) is 10.2. The molecule has 1 fully saturated rings. The Balaban J connectivity index is 2.42. The van der Waals surface area contributed by atoms with Gasteiger partial charge in [0.25, 0.3) is 0 Å². The van der Waals surface area contributed by atoms with Gasteiger partial charge in [0.15, 0.2) is 0 Å². The van der Waals surface area contributed by atoms with E-state index >= 15 is 0 Å². The van der Waals surface area contributed by atoms with E-state index in [9.17, 15) is 9.35 Å². The molecule has 5 nitrogen and oxygen atoms in total. The maximum Gasteiger partial charge on any atom is 0.407 e. The topological polar surface area (TPSA) is 76.0 Å². The molecule has 0 aromatic carbocycles. The Kier molecular flexibility index (Phi) is 5.49. The lowest BCUT2D eigenvalue weighted by atomic mass is 9.94. The molecular weight excluding hydrogens is 276 g/mol. The predicted octanol–water partition coefficient (Wildman–Crippen LogP) is 3.08. The quantitative estimate of drug-likeness (QED) is 0.640. The summed E-state index contributed by atoms with van der Waals surface area (Å²) in [5.41, 5.74) is -0.290. The smallest absolute Gasteiger partial charge is 0.407 e. The third kappa shape index (κ3) is 4.66. The van der Waals surface area contributed by atoms with Crippen LogP contribution in [-0.2, 0) is 11.4 Å². The first-order chi connectivity index (χ1) is 9.04. The van der Waals surface area contributed by atoms with Crippen molar-refractivity contribution in [2.75, 3.05) is 6.54 Å². The Labute approximate surface area is 124 Å². The van der Waals surface area contributed by atoms with Gasteiger partial charge in [0.05, 0.1) is 6.21 Å². The third-order valence-electron chi connectivity index (χ3n) is 3.59. The zero-order valence-corrected chi connectivity index (χ0v) is 13.9. The Morgan fingerprint density at radius 3 is 2.60 bits per heavy atom. The van der Waals surface area contributed by atoms with Crippen LogP contribution in [0, 0.1) is 5.92 Å². The van der Waals surface area contributed by atoms with Crippen LogP contribution in [0.4, 0.5) is 4.79 Å². The summed E-state index contributed by atoms with van der Waals surface area (Å²) < 4.78 is 15.5. The molecular formula is C14H26N2O3S. The van der Waals surface area contributed by atoms with Crippen LogP contribution < -0.4 is 0 Å². The van der Waals surface area contributed by atoms with E-state index in [1.54, 1.807) is 6.21 Å². The second-order valence-corrected chi connectivity index (χ2v) is 8.94. The predicted molar refractivity (Wildman–Crippen MR) is 82.5 cm³/mol. The fourth-order valence-electron chi connectivity index (χ4n) is 2.51. The van der Waals surface area contributed by atoms with Gasteiger partial charge in [0.2, 0.25) is 0 Å². The molecule has 1 saturated heterocycles. The Morgan fingerprint density at radius 1 is 1.55 bits per heavy atom. The van der Waals surface area contributed by atoms with E-state index in [1.807, 2.05) is 34.6 Å². The maximum atomic E-state index is 11.7. The minimum absolute atomic E-state index is 0.290. The number of rotatable bonds is 4. The summed E-state index contributed by atoms with van der Waals surface area (Å²) in [7, 11) is 0. The van der Waals surface area contributed by atoms with Crippen molar-refractivity contribution >= 4 is 23.7 Å². The average molecular weight is 302 g/mol. The first-order valence-electron chi connectivity index (χ1n) is 6.99. The van der Waals surface area contributed by atoms with E-state index in [4.69, 9.17) is 5.11 Å². The van der Waals surface area contributed by atoms with E-state index in [2.05, 4.69) is 4.40 Å². The minimum atomic E-state index is -1.21. The molecule has 0 radical (unpaired) electrons. The molecule has 116 valence electrons. The molecule has 1 rings (SSSR count). The van der Waals surface area contributed by atoms with Gasteiger partial charge in [-0.25, -0.2) is 4.79 Å². The summed E-state index contributed by atoms with van der Waals surface area (Å²) >= 11 is -1.21. The van der Waals surface area contributed by atoms with Crippen LogP contribution in [0.5, 0.6) is 0 Å². The van der Waals surface area contributed by atoms with Gasteiger partial charge < -0.3 is 14.6 Å². The highest BCUT2D eigenvalue weighted by molar-refractivity contribution is 7.91. The van der Waals surface area contributed by atoms with Gasteiger partial charge in [0.1, 0.15) is 16.1 Å². The highest BCUT2D eigenvalue weighted by Gasteiger charge is 2.40. The number of likely N-dealkylation sites (tertiary alicyclic amines) is 1. The first-order valence-corrected chi connectivity index (χ1v) is 8.10. The molecule has 0 spiro atoms. The van der Waals surface area contributed by atoms with Crippen LogP contribution in [0.3, 0.4) is 0 Å². The molecule has 0 aromatic heterocycles. The van der Waals surface area contributed by atoms with Crippen LogP contribution in [-0.4, -0.2) is 43.7 Å². The number of carboxylic acid groups (broad SMARTS) is 1. The average Bonchev–Trinajstić information content (AvgIpc) is 2.58. The van der Waals surface area contributed by atoms with E-state index in [0.29, 0.717) is 12.5 Å². The van der Waals surface area contributed by atoms with Gasteiger partial charge in [-0.05, 0) is 59.8 Å². The summed E-state index contributed by atoms with van der Waals surface area (Å²) in [6.07, 6.45) is 3.38. The summed E-state index contributed by atoms with van der Waals surface area (Å²) in [5.74, 6) is 0.357. The lowest BCUT2D eigenvalue weighted by Gasteiger charge is -2.28. The van der Waals surface area contributed by atoms with Crippen molar-refractivity contribution in [2.24, 2.45) is 10.3 Å². The Hall–Kier alpha value is -0.750. The molecule has 1 amide bonds. The van der Waals surface area contributed by atoms with Crippen molar-refractivity contribution in [3.05, 3.63) is 0 Å². The molecule has 0 aromatic rings. The van der Waals surface area contributed by atoms with Gasteiger partial charge in [0, 0.05) is 12.1 Å². The van der Waals surface area contributed by atoms with Crippen molar-refractivity contribution in [1.82, 2.24) is 4.90 Å². The largest absolute Gasteiger partial charge is 0.591 e. The van der Waals surface area contributed by atoms with Crippen molar-refractivity contribution in [2.45, 2.75) is 64.2 Å². The summed E-state index contributed by atoms with van der Waals surface area (Å²) in [6, 6.07) is 0. The normalized spacial score (nSPS) is 24.3. The van der Waals surface area contributed by atoms with Crippen molar-refractivity contribution in [3.63, 3.8) is 0 Å². The third-order valence-corrected chi connectivity index (χ3v) is 4.98. The highest BCUT2D eigenvalue weighted by Crippen LogP contribution is 2.34. The number of amides is 1. The number of hydrogen-bond donors (Lipinski definition) is 1. The molecule has 0 aliphatic carbocycles. The molecule has 0 bridgehead atoms. The highest BCUT2D eigenvalue weighted by atomic mass is 32.2. The van der Waals surface area contributed by atoms with E-state index in [-0.39, 0.29) is 10.3 Å². The molecule has 0 saturated carbocycles. The van der Waals surface area contributed by atoms with Gasteiger partial charge in [-0.1, -0.05) is 4.40 Å². The van der Waals surface area contributed by atoms with Gasteiger partial charge in [-0.2, -0.15) is 0 Å². The van der Waals surface area contributed by atoms with E-state index < -0.39 is 17.5 Å². The zero-order chi connectivity index (χ0) is 15.6. The Morgan fingerprint density at radius 2 is 2.15 bits per heavy atom. The molecule has 1 unspecified atom stereocenters. The van der Waals surface area contributed by atoms with E-state index in [1.165, 1.54) is 4.90 Å². The second-order valence-electron chi connectivity index (χ2n) is 7.00. The lowest BCUT2D eigenvalue weighted by Crippen LogP contribution is -2.41. The van der Waals surface area contributed by atoms with Gasteiger partial charge >= 0.3 is 6.09 Å². The lowest BCUT2D eigenvalue weighted by molar-refractivity contribution is 0.117. The van der Waals surface area contributed by atoms with Crippen molar-refractivity contribution in [3.8, 4) is 0 Å². The number of carbonyl (C=O) groups is 1. The van der Waals surface area contributed by atoms with Crippen LogP contribution in [0.2, 0.25) is 0 Å². The molecule has 1 heterocycles. The van der Waals surface area contributed by atoms with Crippen LogP contribution in [0.1, 0.15) is 53.9 Å². The molecule has 1 aliphatic heterocycles. The van der Waals surface area contributed by atoms with Crippen molar-refractivity contribution < 1.29 is 14.5 Å². The molecule has 20 heavy (non-hydrogen) atoms. The molecule has 1 N–H and O–H groups in total. The monoisotopic (exact) mass is 302 g/mol.